The fourth-order valence-electron chi connectivity index (χ4n) is 2.76. The summed E-state index contributed by atoms with van der Waals surface area (Å²) in [5, 5.41) is 2.89. The number of likely N-dealkylation sites (tertiary alicyclic amines) is 1. The van der Waals surface area contributed by atoms with Crippen molar-refractivity contribution in [1.82, 2.24) is 10.2 Å². The molecule has 1 heterocycles. The van der Waals surface area contributed by atoms with E-state index >= 15 is 0 Å². The van der Waals surface area contributed by atoms with E-state index in [4.69, 9.17) is 4.74 Å². The van der Waals surface area contributed by atoms with Gasteiger partial charge in [0.05, 0.1) is 0 Å². The zero-order valence-electron chi connectivity index (χ0n) is 12.5. The molecule has 0 bridgehead atoms. The summed E-state index contributed by atoms with van der Waals surface area (Å²) in [6.45, 7) is 2.76. The molecule has 0 saturated carbocycles. The average Bonchev–Trinajstić information content (AvgIpc) is 2.48. The predicted octanol–water partition coefficient (Wildman–Crippen LogP) is 1.50. The lowest BCUT2D eigenvalue weighted by Gasteiger charge is -2.34. The number of hydrogen-bond donors (Lipinski definition) is 1. The van der Waals surface area contributed by atoms with Crippen LogP contribution in [-0.2, 0) is 14.3 Å². The molecule has 1 N–H and O–H groups in total. The van der Waals surface area contributed by atoms with Gasteiger partial charge < -0.3 is 15.0 Å². The topological polar surface area (TPSA) is 58.6 Å². The van der Waals surface area contributed by atoms with E-state index in [9.17, 15) is 9.59 Å². The maximum atomic E-state index is 12.6. The summed E-state index contributed by atoms with van der Waals surface area (Å²) in [6.07, 6.45) is 1.22. The van der Waals surface area contributed by atoms with E-state index in [-0.39, 0.29) is 17.9 Å². The van der Waals surface area contributed by atoms with Crippen molar-refractivity contribution >= 4 is 11.8 Å². The van der Waals surface area contributed by atoms with E-state index in [0.717, 1.165) is 18.4 Å². The molecule has 0 radical (unpaired) electrons. The number of rotatable bonds is 4. The second-order valence-electron chi connectivity index (χ2n) is 5.35. The van der Waals surface area contributed by atoms with Crippen LogP contribution in [0.25, 0.3) is 0 Å². The molecule has 0 unspecified atom stereocenters. The van der Waals surface area contributed by atoms with Crippen LogP contribution in [0.15, 0.2) is 30.3 Å². The van der Waals surface area contributed by atoms with Crippen molar-refractivity contribution in [1.29, 1.82) is 0 Å². The molecule has 1 aromatic rings. The summed E-state index contributed by atoms with van der Waals surface area (Å²) in [5.41, 5.74) is 0.853. The van der Waals surface area contributed by atoms with E-state index in [1.54, 1.807) is 12.0 Å². The van der Waals surface area contributed by atoms with E-state index in [1.807, 2.05) is 30.3 Å². The average molecular weight is 290 g/mol. The first-order chi connectivity index (χ1) is 10.1. The second kappa shape index (κ2) is 7.22. The standard InChI is InChI=1S/C16H22N2O3/c1-12(19)17-14-9-6-10-18(11-14)16(20)15(21-2)13-7-4-3-5-8-13/h3-5,7-8,14-15H,6,9-11H2,1-2H3,(H,17,19)/t14-,15-/m1/s1. The van der Waals surface area contributed by atoms with Gasteiger partial charge in [-0.1, -0.05) is 30.3 Å². The summed E-state index contributed by atoms with van der Waals surface area (Å²) in [6, 6.07) is 9.51. The lowest BCUT2D eigenvalue weighted by atomic mass is 10.0. The van der Waals surface area contributed by atoms with Gasteiger partial charge in [-0.3, -0.25) is 9.59 Å². The third-order valence-electron chi connectivity index (χ3n) is 3.70. The smallest absolute Gasteiger partial charge is 0.256 e. The minimum absolute atomic E-state index is 0.0356. The molecule has 21 heavy (non-hydrogen) atoms. The van der Waals surface area contributed by atoms with Crippen LogP contribution in [0, 0.1) is 0 Å². The maximum Gasteiger partial charge on any atom is 0.256 e. The van der Waals surface area contributed by atoms with Crippen LogP contribution in [0.3, 0.4) is 0 Å². The van der Waals surface area contributed by atoms with Crippen molar-refractivity contribution in [3.63, 3.8) is 0 Å². The Morgan fingerprint density at radius 3 is 2.67 bits per heavy atom. The first-order valence-electron chi connectivity index (χ1n) is 7.25. The molecule has 1 aromatic carbocycles. The molecule has 2 atom stereocenters. The molecule has 1 fully saturated rings. The van der Waals surface area contributed by atoms with Crippen molar-refractivity contribution in [3.05, 3.63) is 35.9 Å². The van der Waals surface area contributed by atoms with Crippen LogP contribution in [0.4, 0.5) is 0 Å². The third kappa shape index (κ3) is 4.04. The number of nitrogens with zero attached hydrogens (tertiary/aromatic N) is 1. The van der Waals surface area contributed by atoms with Crippen molar-refractivity contribution in [3.8, 4) is 0 Å². The summed E-state index contributed by atoms with van der Waals surface area (Å²) < 4.78 is 5.39. The number of carbonyl (C=O) groups is 2. The van der Waals surface area contributed by atoms with Gasteiger partial charge in [-0.05, 0) is 18.4 Å². The van der Waals surface area contributed by atoms with Crippen molar-refractivity contribution in [2.75, 3.05) is 20.2 Å². The quantitative estimate of drug-likeness (QED) is 0.914. The van der Waals surface area contributed by atoms with Crippen LogP contribution < -0.4 is 5.32 Å². The molecule has 5 nitrogen and oxygen atoms in total. The van der Waals surface area contributed by atoms with Gasteiger partial charge in [0.2, 0.25) is 5.91 Å². The van der Waals surface area contributed by atoms with Crippen LogP contribution in [0.2, 0.25) is 0 Å². The Bertz CT molecular complexity index is 490. The van der Waals surface area contributed by atoms with Gasteiger partial charge in [-0.2, -0.15) is 0 Å². The molecule has 2 amide bonds. The second-order valence-corrected chi connectivity index (χ2v) is 5.35. The number of ether oxygens (including phenoxy) is 1. The predicted molar refractivity (Wildman–Crippen MR) is 79.6 cm³/mol. The monoisotopic (exact) mass is 290 g/mol. The molecule has 114 valence electrons. The van der Waals surface area contributed by atoms with Crippen LogP contribution >= 0.6 is 0 Å². The third-order valence-corrected chi connectivity index (χ3v) is 3.70. The molecule has 1 aliphatic heterocycles. The Hall–Kier alpha value is -1.88. The number of hydrogen-bond acceptors (Lipinski definition) is 3. The normalized spacial score (nSPS) is 19.9. The molecule has 5 heteroatoms. The summed E-state index contributed by atoms with van der Waals surface area (Å²) >= 11 is 0. The van der Waals surface area contributed by atoms with Gasteiger partial charge >= 0.3 is 0 Å². The molecule has 0 spiro atoms. The largest absolute Gasteiger partial charge is 0.367 e. The Morgan fingerprint density at radius 2 is 2.05 bits per heavy atom. The minimum atomic E-state index is -0.581. The fraction of sp³-hybridized carbons (Fsp3) is 0.500. The Kier molecular flexibility index (Phi) is 5.33. The van der Waals surface area contributed by atoms with Gasteiger partial charge in [-0.15, -0.1) is 0 Å². The molecule has 2 rings (SSSR count). The zero-order chi connectivity index (χ0) is 15.2. The van der Waals surface area contributed by atoms with Crippen LogP contribution in [0.1, 0.15) is 31.4 Å². The first-order valence-corrected chi connectivity index (χ1v) is 7.25. The molecular formula is C16H22N2O3. The number of benzene rings is 1. The van der Waals surface area contributed by atoms with Gasteiger partial charge in [-0.25, -0.2) is 0 Å². The van der Waals surface area contributed by atoms with Gasteiger partial charge in [0.15, 0.2) is 6.10 Å². The fourth-order valence-corrected chi connectivity index (χ4v) is 2.76. The number of piperidine rings is 1. The summed E-state index contributed by atoms with van der Waals surface area (Å²) in [5.74, 6) is -0.0978. The SMILES string of the molecule is CO[C@@H](C(=O)N1CCC[C@@H](NC(C)=O)C1)c1ccccc1. The van der Waals surface area contributed by atoms with Crippen molar-refractivity contribution in [2.24, 2.45) is 0 Å². The molecular weight excluding hydrogens is 268 g/mol. The van der Waals surface area contributed by atoms with E-state index < -0.39 is 6.10 Å². The highest BCUT2D eigenvalue weighted by Gasteiger charge is 2.30. The zero-order valence-corrected chi connectivity index (χ0v) is 12.5. The number of amides is 2. The summed E-state index contributed by atoms with van der Waals surface area (Å²) in [7, 11) is 1.55. The van der Waals surface area contributed by atoms with Crippen LogP contribution in [0.5, 0.6) is 0 Å². The minimum Gasteiger partial charge on any atom is -0.367 e. The molecule has 1 saturated heterocycles. The maximum absolute atomic E-state index is 12.6. The van der Waals surface area contributed by atoms with Crippen molar-refractivity contribution in [2.45, 2.75) is 31.9 Å². The van der Waals surface area contributed by atoms with E-state index in [0.29, 0.717) is 13.1 Å². The van der Waals surface area contributed by atoms with Crippen molar-refractivity contribution < 1.29 is 14.3 Å². The summed E-state index contributed by atoms with van der Waals surface area (Å²) in [4.78, 5) is 25.6. The van der Waals surface area contributed by atoms with E-state index in [1.165, 1.54) is 6.92 Å². The van der Waals surface area contributed by atoms with Gasteiger partial charge in [0.1, 0.15) is 0 Å². The number of nitrogens with one attached hydrogen (secondary N) is 1. The van der Waals surface area contributed by atoms with Crippen LogP contribution in [-0.4, -0.2) is 43.0 Å². The lowest BCUT2D eigenvalue weighted by Crippen LogP contribution is -2.50. The van der Waals surface area contributed by atoms with Gasteiger partial charge in [0.25, 0.3) is 5.91 Å². The number of carbonyl (C=O) groups excluding carboxylic acids is 2. The molecule has 1 aliphatic rings. The highest BCUT2D eigenvalue weighted by Crippen LogP contribution is 2.21. The molecule has 0 aromatic heterocycles. The highest BCUT2D eigenvalue weighted by molar-refractivity contribution is 5.82. The highest BCUT2D eigenvalue weighted by atomic mass is 16.5. The van der Waals surface area contributed by atoms with Gasteiger partial charge in [0, 0.05) is 33.2 Å². The molecule has 0 aliphatic carbocycles. The lowest BCUT2D eigenvalue weighted by molar-refractivity contribution is -0.144. The Labute approximate surface area is 125 Å². The van der Waals surface area contributed by atoms with E-state index in [2.05, 4.69) is 5.32 Å². The Morgan fingerprint density at radius 1 is 1.33 bits per heavy atom. The first kappa shape index (κ1) is 15.5. The Balaban J connectivity index is 2.05. The number of methoxy groups -OCH3 is 1.